The number of carbonyl (C=O) groups is 1. The Morgan fingerprint density at radius 3 is 2.79 bits per heavy atom. The van der Waals surface area contributed by atoms with Gasteiger partial charge in [0.25, 0.3) is 0 Å². The number of piperidine rings is 1. The molecule has 1 N–H and O–H groups in total. The smallest absolute Gasteiger partial charge is 0.407 e. The lowest BCUT2D eigenvalue weighted by molar-refractivity contribution is 0.0473. The van der Waals surface area contributed by atoms with E-state index in [4.69, 9.17) is 4.74 Å². The van der Waals surface area contributed by atoms with E-state index in [0.29, 0.717) is 0 Å². The third kappa shape index (κ3) is 7.18. The van der Waals surface area contributed by atoms with Crippen LogP contribution in [-0.4, -0.2) is 42.3 Å². The summed E-state index contributed by atoms with van der Waals surface area (Å²) in [7, 11) is 0. The summed E-state index contributed by atoms with van der Waals surface area (Å²) in [5.41, 5.74) is 0.793. The molecule has 1 aromatic rings. The number of hydrogen-bond acceptors (Lipinski definition) is 3. The molecule has 132 valence electrons. The molecule has 0 bridgehead atoms. The number of likely N-dealkylation sites (tertiary alicyclic amines) is 1. The molecule has 0 saturated carbocycles. The number of alkyl carbamates (subject to hydrolysis) is 1. The number of nitrogens with zero attached hydrogens (tertiary/aromatic N) is 1. The molecular formula is C20H30N2O2. The molecule has 1 aliphatic heterocycles. The van der Waals surface area contributed by atoms with Gasteiger partial charge in [-0.25, -0.2) is 4.79 Å². The maximum absolute atomic E-state index is 11.9. The van der Waals surface area contributed by atoms with Crippen LogP contribution in [0.3, 0.4) is 0 Å². The van der Waals surface area contributed by atoms with Gasteiger partial charge in [0.2, 0.25) is 0 Å². The Balaban J connectivity index is 1.71. The second-order valence-electron chi connectivity index (χ2n) is 7.39. The largest absolute Gasteiger partial charge is 0.444 e. The fraction of sp³-hybridized carbons (Fsp3) is 0.550. The summed E-state index contributed by atoms with van der Waals surface area (Å²) in [6.07, 6.45) is 7.24. The summed E-state index contributed by atoms with van der Waals surface area (Å²) >= 11 is 0. The Morgan fingerprint density at radius 2 is 2.08 bits per heavy atom. The Hall–Kier alpha value is -1.81. The van der Waals surface area contributed by atoms with Crippen LogP contribution in [0.15, 0.2) is 36.4 Å². The van der Waals surface area contributed by atoms with Crippen molar-refractivity contribution in [1.29, 1.82) is 0 Å². The van der Waals surface area contributed by atoms with E-state index in [2.05, 4.69) is 46.6 Å². The van der Waals surface area contributed by atoms with E-state index >= 15 is 0 Å². The maximum atomic E-state index is 11.9. The molecule has 4 nitrogen and oxygen atoms in total. The van der Waals surface area contributed by atoms with Gasteiger partial charge in [-0.15, -0.1) is 0 Å². The van der Waals surface area contributed by atoms with Crippen molar-refractivity contribution in [2.75, 3.05) is 19.6 Å². The van der Waals surface area contributed by atoms with Crippen LogP contribution in [0.5, 0.6) is 0 Å². The van der Waals surface area contributed by atoms with E-state index in [1.54, 1.807) is 0 Å². The van der Waals surface area contributed by atoms with Gasteiger partial charge in [-0.1, -0.05) is 42.5 Å². The summed E-state index contributed by atoms with van der Waals surface area (Å²) < 4.78 is 5.34. The summed E-state index contributed by atoms with van der Waals surface area (Å²) in [5, 5.41) is 3.00. The molecule has 0 aliphatic carbocycles. The van der Waals surface area contributed by atoms with Gasteiger partial charge in [-0.3, -0.25) is 0 Å². The third-order valence-electron chi connectivity index (χ3n) is 3.95. The predicted octanol–water partition coefficient (Wildman–Crippen LogP) is 4.08. The minimum atomic E-state index is -0.444. The zero-order valence-electron chi connectivity index (χ0n) is 15.1. The number of carbonyl (C=O) groups excluding carboxylic acids is 1. The molecule has 1 amide bonds. The molecule has 1 heterocycles. The quantitative estimate of drug-likeness (QED) is 0.884. The number of hydrogen-bond donors (Lipinski definition) is 1. The van der Waals surface area contributed by atoms with E-state index in [1.807, 2.05) is 26.8 Å². The lowest BCUT2D eigenvalue weighted by Gasteiger charge is -2.33. The topological polar surface area (TPSA) is 41.6 Å². The highest BCUT2D eigenvalue weighted by molar-refractivity contribution is 5.68. The van der Waals surface area contributed by atoms with Crippen LogP contribution in [0, 0.1) is 0 Å². The summed E-state index contributed by atoms with van der Waals surface area (Å²) in [4.78, 5) is 14.3. The average Bonchev–Trinajstić information content (AvgIpc) is 2.51. The first-order valence-corrected chi connectivity index (χ1v) is 8.86. The first-order valence-electron chi connectivity index (χ1n) is 8.86. The first kappa shape index (κ1) is 18.5. The van der Waals surface area contributed by atoms with Crippen LogP contribution in [0.4, 0.5) is 4.79 Å². The molecule has 1 unspecified atom stereocenters. The first-order chi connectivity index (χ1) is 11.4. The molecular weight excluding hydrogens is 300 g/mol. The van der Waals surface area contributed by atoms with Gasteiger partial charge in [0.05, 0.1) is 0 Å². The van der Waals surface area contributed by atoms with Crippen molar-refractivity contribution in [2.24, 2.45) is 0 Å². The highest BCUT2D eigenvalue weighted by Crippen LogP contribution is 2.13. The van der Waals surface area contributed by atoms with E-state index < -0.39 is 5.60 Å². The molecule has 0 radical (unpaired) electrons. The number of amides is 1. The zero-order chi connectivity index (χ0) is 17.4. The van der Waals surface area contributed by atoms with Crippen molar-refractivity contribution in [3.8, 4) is 0 Å². The van der Waals surface area contributed by atoms with Gasteiger partial charge in [0, 0.05) is 19.1 Å². The Kier molecular flexibility index (Phi) is 6.85. The molecule has 0 aromatic heterocycles. The summed E-state index contributed by atoms with van der Waals surface area (Å²) in [5.74, 6) is 0. The predicted molar refractivity (Wildman–Crippen MR) is 98.9 cm³/mol. The van der Waals surface area contributed by atoms with Crippen molar-refractivity contribution in [3.05, 3.63) is 42.0 Å². The fourth-order valence-corrected chi connectivity index (χ4v) is 2.89. The Labute approximate surface area is 145 Å². The SMILES string of the molecule is CC(C)(C)OC(=O)NC1CCCN(CC/C=C/c2ccccc2)C1. The van der Waals surface area contributed by atoms with Gasteiger partial charge in [0.1, 0.15) is 5.60 Å². The fourth-order valence-electron chi connectivity index (χ4n) is 2.89. The molecule has 0 spiro atoms. The minimum absolute atomic E-state index is 0.187. The molecule has 24 heavy (non-hydrogen) atoms. The highest BCUT2D eigenvalue weighted by atomic mass is 16.6. The van der Waals surface area contributed by atoms with Crippen LogP contribution in [0.1, 0.15) is 45.6 Å². The third-order valence-corrected chi connectivity index (χ3v) is 3.95. The van der Waals surface area contributed by atoms with E-state index in [-0.39, 0.29) is 12.1 Å². The monoisotopic (exact) mass is 330 g/mol. The lowest BCUT2D eigenvalue weighted by Crippen LogP contribution is -2.49. The lowest BCUT2D eigenvalue weighted by atomic mass is 10.1. The van der Waals surface area contributed by atoms with Crippen LogP contribution >= 0.6 is 0 Å². The normalized spacial score (nSPS) is 19.4. The van der Waals surface area contributed by atoms with Crippen molar-refractivity contribution in [3.63, 3.8) is 0 Å². The Bertz CT molecular complexity index is 534. The standard InChI is InChI=1S/C20H30N2O2/c1-20(2,3)24-19(23)21-18-13-9-15-22(16-18)14-8-7-12-17-10-5-4-6-11-17/h4-7,10-12,18H,8-9,13-16H2,1-3H3,(H,21,23)/b12-7+. The Morgan fingerprint density at radius 1 is 1.33 bits per heavy atom. The molecule has 1 saturated heterocycles. The minimum Gasteiger partial charge on any atom is -0.444 e. The highest BCUT2D eigenvalue weighted by Gasteiger charge is 2.23. The van der Waals surface area contributed by atoms with Gasteiger partial charge in [0.15, 0.2) is 0 Å². The number of nitrogens with one attached hydrogen (secondary N) is 1. The van der Waals surface area contributed by atoms with E-state index in [0.717, 1.165) is 38.9 Å². The summed E-state index contributed by atoms with van der Waals surface area (Å²) in [6, 6.07) is 10.5. The molecule has 1 aliphatic rings. The molecule has 1 fully saturated rings. The summed E-state index contributed by atoms with van der Waals surface area (Å²) in [6.45, 7) is 8.69. The molecule has 1 atom stereocenters. The second kappa shape index (κ2) is 8.88. The van der Waals surface area contributed by atoms with E-state index in [1.165, 1.54) is 5.56 Å². The van der Waals surface area contributed by atoms with Crippen molar-refractivity contribution < 1.29 is 9.53 Å². The zero-order valence-corrected chi connectivity index (χ0v) is 15.1. The molecule has 1 aromatic carbocycles. The van der Waals surface area contributed by atoms with Gasteiger partial charge in [-0.05, 0) is 52.1 Å². The van der Waals surface area contributed by atoms with Gasteiger partial charge in [-0.2, -0.15) is 0 Å². The molecule has 4 heteroatoms. The maximum Gasteiger partial charge on any atom is 0.407 e. The van der Waals surface area contributed by atoms with Crippen molar-refractivity contribution >= 4 is 12.2 Å². The second-order valence-corrected chi connectivity index (χ2v) is 7.39. The van der Waals surface area contributed by atoms with Gasteiger partial charge >= 0.3 is 6.09 Å². The molecule has 2 rings (SSSR count). The van der Waals surface area contributed by atoms with Crippen molar-refractivity contribution in [2.45, 2.75) is 51.7 Å². The van der Waals surface area contributed by atoms with E-state index in [9.17, 15) is 4.79 Å². The van der Waals surface area contributed by atoms with Crippen LogP contribution in [-0.2, 0) is 4.74 Å². The van der Waals surface area contributed by atoms with Crippen LogP contribution in [0.2, 0.25) is 0 Å². The number of benzene rings is 1. The number of ether oxygens (including phenoxy) is 1. The van der Waals surface area contributed by atoms with Crippen molar-refractivity contribution in [1.82, 2.24) is 10.2 Å². The van der Waals surface area contributed by atoms with Gasteiger partial charge < -0.3 is 15.0 Å². The van der Waals surface area contributed by atoms with Crippen LogP contribution in [0.25, 0.3) is 6.08 Å². The average molecular weight is 330 g/mol. The van der Waals surface area contributed by atoms with Crippen LogP contribution < -0.4 is 5.32 Å². The number of rotatable bonds is 5.